The zero-order chi connectivity index (χ0) is 14.6. The van der Waals surface area contributed by atoms with Gasteiger partial charge in [-0.2, -0.15) is 0 Å². The van der Waals surface area contributed by atoms with Gasteiger partial charge in [0.25, 0.3) is 5.91 Å². The predicted octanol–water partition coefficient (Wildman–Crippen LogP) is 2.26. The number of nitrogens with one attached hydrogen (secondary N) is 1. The third-order valence-corrected chi connectivity index (χ3v) is 3.78. The highest BCUT2D eigenvalue weighted by molar-refractivity contribution is 5.94. The van der Waals surface area contributed by atoms with Crippen molar-refractivity contribution in [2.24, 2.45) is 0 Å². The fourth-order valence-electron chi connectivity index (χ4n) is 2.53. The van der Waals surface area contributed by atoms with Crippen molar-refractivity contribution in [3.8, 4) is 5.75 Å². The Bertz CT molecular complexity index is 484. The van der Waals surface area contributed by atoms with Crippen molar-refractivity contribution in [3.05, 3.63) is 29.6 Å². The quantitative estimate of drug-likeness (QED) is 0.890. The van der Waals surface area contributed by atoms with Crippen LogP contribution >= 0.6 is 0 Å². The first-order valence-electron chi connectivity index (χ1n) is 6.88. The molecule has 20 heavy (non-hydrogen) atoms. The van der Waals surface area contributed by atoms with Crippen LogP contribution in [0.3, 0.4) is 0 Å². The predicted molar refractivity (Wildman–Crippen MR) is 73.3 cm³/mol. The van der Waals surface area contributed by atoms with E-state index in [-0.39, 0.29) is 18.2 Å². The molecule has 4 nitrogen and oxygen atoms in total. The first-order chi connectivity index (χ1) is 9.54. The first-order valence-corrected chi connectivity index (χ1v) is 6.88. The molecule has 1 fully saturated rings. The van der Waals surface area contributed by atoms with E-state index in [9.17, 15) is 14.3 Å². The van der Waals surface area contributed by atoms with Crippen molar-refractivity contribution in [2.75, 3.05) is 13.7 Å². The monoisotopic (exact) mass is 281 g/mol. The van der Waals surface area contributed by atoms with Crippen molar-refractivity contribution in [1.29, 1.82) is 0 Å². The van der Waals surface area contributed by atoms with Crippen molar-refractivity contribution < 1.29 is 19.0 Å². The summed E-state index contributed by atoms with van der Waals surface area (Å²) in [6.45, 7) is 0.228. The van der Waals surface area contributed by atoms with Gasteiger partial charge in [0.2, 0.25) is 0 Å². The molecular weight excluding hydrogens is 261 g/mol. The second-order valence-corrected chi connectivity index (χ2v) is 5.32. The van der Waals surface area contributed by atoms with Crippen molar-refractivity contribution in [2.45, 2.75) is 37.7 Å². The van der Waals surface area contributed by atoms with Gasteiger partial charge in [-0.15, -0.1) is 0 Å². The van der Waals surface area contributed by atoms with Gasteiger partial charge >= 0.3 is 0 Å². The molecule has 2 N–H and O–H groups in total. The number of rotatable bonds is 4. The van der Waals surface area contributed by atoms with Gasteiger partial charge in [0.15, 0.2) is 11.6 Å². The molecule has 1 aromatic carbocycles. The van der Waals surface area contributed by atoms with Crippen LogP contribution in [0.25, 0.3) is 0 Å². The Morgan fingerprint density at radius 1 is 1.40 bits per heavy atom. The van der Waals surface area contributed by atoms with E-state index >= 15 is 0 Å². The number of ether oxygens (including phenoxy) is 1. The SMILES string of the molecule is COc1cc(C(=O)NCC2(O)CCCCC2)ccc1F. The van der Waals surface area contributed by atoms with E-state index in [1.54, 1.807) is 0 Å². The average molecular weight is 281 g/mol. The number of hydrogen-bond acceptors (Lipinski definition) is 3. The summed E-state index contributed by atoms with van der Waals surface area (Å²) in [5.74, 6) is -0.800. The highest BCUT2D eigenvalue weighted by atomic mass is 19.1. The number of carbonyl (C=O) groups excluding carboxylic acids is 1. The molecule has 1 aromatic rings. The Balaban J connectivity index is 1.98. The van der Waals surface area contributed by atoms with Gasteiger partial charge in [0.05, 0.1) is 12.7 Å². The van der Waals surface area contributed by atoms with Crippen LogP contribution in [0.5, 0.6) is 5.75 Å². The molecule has 0 aromatic heterocycles. The molecule has 0 saturated heterocycles. The topological polar surface area (TPSA) is 58.6 Å². The van der Waals surface area contributed by atoms with Crippen molar-refractivity contribution in [3.63, 3.8) is 0 Å². The lowest BCUT2D eigenvalue weighted by Crippen LogP contribution is -2.44. The molecule has 110 valence electrons. The van der Waals surface area contributed by atoms with Crippen LogP contribution in [0, 0.1) is 5.82 Å². The van der Waals surface area contributed by atoms with Gasteiger partial charge in [0, 0.05) is 12.1 Å². The summed E-state index contributed by atoms with van der Waals surface area (Å²) in [6.07, 6.45) is 4.51. The molecule has 0 aliphatic heterocycles. The Kier molecular flexibility index (Phi) is 4.60. The molecule has 2 rings (SSSR count). The van der Waals surface area contributed by atoms with Crippen LogP contribution < -0.4 is 10.1 Å². The number of carbonyl (C=O) groups is 1. The van der Waals surface area contributed by atoms with E-state index in [2.05, 4.69) is 5.32 Å². The van der Waals surface area contributed by atoms with E-state index in [1.807, 2.05) is 0 Å². The standard InChI is InChI=1S/C15H20FNO3/c1-20-13-9-11(5-6-12(13)16)14(18)17-10-15(19)7-3-2-4-8-15/h5-6,9,19H,2-4,7-8,10H2,1H3,(H,17,18). The lowest BCUT2D eigenvalue weighted by atomic mass is 9.85. The summed E-state index contributed by atoms with van der Waals surface area (Å²) in [5.41, 5.74) is -0.486. The summed E-state index contributed by atoms with van der Waals surface area (Å²) in [7, 11) is 1.35. The molecule has 0 spiro atoms. The summed E-state index contributed by atoms with van der Waals surface area (Å²) >= 11 is 0. The third-order valence-electron chi connectivity index (χ3n) is 3.78. The number of halogens is 1. The van der Waals surface area contributed by atoms with Crippen LogP contribution in [0.1, 0.15) is 42.5 Å². The summed E-state index contributed by atoms with van der Waals surface area (Å²) < 4.78 is 18.1. The fourth-order valence-corrected chi connectivity index (χ4v) is 2.53. The minimum absolute atomic E-state index is 0.0361. The zero-order valence-electron chi connectivity index (χ0n) is 11.6. The molecule has 1 saturated carbocycles. The van der Waals surface area contributed by atoms with Crippen LogP contribution in [-0.2, 0) is 0 Å². The molecule has 0 bridgehead atoms. The van der Waals surface area contributed by atoms with E-state index < -0.39 is 11.4 Å². The number of methoxy groups -OCH3 is 1. The van der Waals surface area contributed by atoms with Gasteiger partial charge in [-0.1, -0.05) is 19.3 Å². The lowest BCUT2D eigenvalue weighted by molar-refractivity contribution is 0.00525. The van der Waals surface area contributed by atoms with Gasteiger partial charge in [-0.3, -0.25) is 4.79 Å². The van der Waals surface area contributed by atoms with Gasteiger partial charge in [0.1, 0.15) is 0 Å². The third kappa shape index (κ3) is 3.48. The average Bonchev–Trinajstić information content (AvgIpc) is 2.46. The van der Waals surface area contributed by atoms with Crippen LogP contribution in [0.15, 0.2) is 18.2 Å². The molecule has 1 aliphatic rings. The second-order valence-electron chi connectivity index (χ2n) is 5.32. The molecular formula is C15H20FNO3. The van der Waals surface area contributed by atoms with Crippen LogP contribution in [-0.4, -0.2) is 30.3 Å². The molecule has 5 heteroatoms. The molecule has 0 heterocycles. The maximum atomic E-state index is 13.3. The molecule has 0 unspecified atom stereocenters. The number of aliphatic hydroxyl groups is 1. The maximum Gasteiger partial charge on any atom is 0.251 e. The minimum Gasteiger partial charge on any atom is -0.494 e. The maximum absolute atomic E-state index is 13.3. The fraction of sp³-hybridized carbons (Fsp3) is 0.533. The van der Waals surface area contributed by atoms with Crippen LogP contribution in [0.4, 0.5) is 4.39 Å². The van der Waals surface area contributed by atoms with Gasteiger partial charge in [-0.25, -0.2) is 4.39 Å². The number of benzene rings is 1. The van der Waals surface area contributed by atoms with E-state index in [4.69, 9.17) is 4.74 Å². The largest absolute Gasteiger partial charge is 0.494 e. The van der Waals surface area contributed by atoms with Gasteiger partial charge < -0.3 is 15.2 Å². The van der Waals surface area contributed by atoms with E-state index in [1.165, 1.54) is 25.3 Å². The summed E-state index contributed by atoms with van der Waals surface area (Å²) in [5, 5.41) is 13.0. The van der Waals surface area contributed by atoms with Crippen molar-refractivity contribution in [1.82, 2.24) is 5.32 Å². The minimum atomic E-state index is -0.808. The first kappa shape index (κ1) is 14.8. The molecule has 1 amide bonds. The Hall–Kier alpha value is -1.62. The zero-order valence-corrected chi connectivity index (χ0v) is 11.6. The Labute approximate surface area is 117 Å². The summed E-state index contributed by atoms with van der Waals surface area (Å²) in [6, 6.07) is 3.96. The van der Waals surface area contributed by atoms with E-state index in [0.29, 0.717) is 18.4 Å². The summed E-state index contributed by atoms with van der Waals surface area (Å²) in [4.78, 5) is 12.0. The highest BCUT2D eigenvalue weighted by Gasteiger charge is 2.29. The molecule has 0 radical (unpaired) electrons. The highest BCUT2D eigenvalue weighted by Crippen LogP contribution is 2.27. The van der Waals surface area contributed by atoms with Crippen molar-refractivity contribution >= 4 is 5.91 Å². The lowest BCUT2D eigenvalue weighted by Gasteiger charge is -2.32. The normalized spacial score (nSPS) is 17.6. The Morgan fingerprint density at radius 3 is 2.75 bits per heavy atom. The second kappa shape index (κ2) is 6.22. The van der Waals surface area contributed by atoms with E-state index in [0.717, 1.165) is 19.3 Å². The number of amides is 1. The smallest absolute Gasteiger partial charge is 0.251 e. The van der Waals surface area contributed by atoms with Gasteiger partial charge in [-0.05, 0) is 31.0 Å². The Morgan fingerprint density at radius 2 is 2.10 bits per heavy atom. The number of hydrogen-bond donors (Lipinski definition) is 2. The molecule has 1 aliphatic carbocycles. The molecule has 0 atom stereocenters. The van der Waals surface area contributed by atoms with Crippen LogP contribution in [0.2, 0.25) is 0 Å².